The highest BCUT2D eigenvalue weighted by Crippen LogP contribution is 2.40. The van der Waals surface area contributed by atoms with Crippen LogP contribution >= 0.6 is 0 Å². The van der Waals surface area contributed by atoms with Gasteiger partial charge in [-0.1, -0.05) is 39.7 Å². The van der Waals surface area contributed by atoms with Gasteiger partial charge >= 0.3 is 11.9 Å². The highest BCUT2D eigenvalue weighted by molar-refractivity contribution is 5.66. The van der Waals surface area contributed by atoms with Crippen LogP contribution in [0.15, 0.2) is 5.11 Å². The van der Waals surface area contributed by atoms with E-state index in [1.165, 1.54) is 13.8 Å². The number of azide groups is 1. The molecule has 0 bridgehead atoms. The largest absolute Gasteiger partial charge is 0.463 e. The molecule has 230 valence electrons. The Hall–Kier alpha value is -1.99. The maximum Gasteiger partial charge on any atom is 0.302 e. The van der Waals surface area contributed by atoms with Crippen molar-refractivity contribution in [2.45, 2.75) is 79.4 Å². The van der Waals surface area contributed by atoms with Crippen molar-refractivity contribution in [3.63, 3.8) is 0 Å². The summed E-state index contributed by atoms with van der Waals surface area (Å²) in [7, 11) is 0. The first-order valence-corrected chi connectivity index (χ1v) is 14.1. The summed E-state index contributed by atoms with van der Waals surface area (Å²) in [5.41, 5.74) is 8.24. The van der Waals surface area contributed by atoms with Gasteiger partial charge in [-0.25, -0.2) is 0 Å². The molecule has 0 aromatic rings. The Kier molecular flexibility index (Phi) is 15.2. The van der Waals surface area contributed by atoms with Crippen molar-refractivity contribution in [2.75, 3.05) is 52.8 Å². The molecule has 2 aliphatic rings. The molecule has 0 N–H and O–H groups in total. The third-order valence-corrected chi connectivity index (χ3v) is 7.91. The van der Waals surface area contributed by atoms with Gasteiger partial charge in [-0.2, -0.15) is 0 Å². The molecule has 0 spiro atoms. The van der Waals surface area contributed by atoms with Gasteiger partial charge in [-0.3, -0.25) is 9.59 Å². The minimum Gasteiger partial charge on any atom is -0.463 e. The molecule has 40 heavy (non-hydrogen) atoms. The van der Waals surface area contributed by atoms with Crippen LogP contribution < -0.4 is 0 Å². The van der Waals surface area contributed by atoms with E-state index in [-0.39, 0.29) is 61.4 Å². The molecule has 0 aromatic carbocycles. The first-order chi connectivity index (χ1) is 19.1. The minimum absolute atomic E-state index is 0.0120. The summed E-state index contributed by atoms with van der Waals surface area (Å²) in [6.07, 6.45) is -2.37. The van der Waals surface area contributed by atoms with Crippen molar-refractivity contribution in [1.82, 2.24) is 0 Å². The fraction of sp³-hybridized carbons (Fsp3) is 0.926. The van der Waals surface area contributed by atoms with Crippen LogP contribution in [0.5, 0.6) is 0 Å². The molecule has 2 heterocycles. The van der Waals surface area contributed by atoms with Gasteiger partial charge < -0.3 is 37.9 Å². The third-order valence-electron chi connectivity index (χ3n) is 7.91. The zero-order chi connectivity index (χ0) is 29.7. The maximum absolute atomic E-state index is 11.6. The molecular weight excluding hydrogens is 526 g/mol. The molecule has 2 aliphatic heterocycles. The van der Waals surface area contributed by atoms with Crippen LogP contribution in [0.4, 0.5) is 0 Å². The average molecular weight is 574 g/mol. The topological polar surface area (TPSA) is 157 Å². The number of rotatable bonds is 16. The van der Waals surface area contributed by atoms with Gasteiger partial charge in [0.15, 0.2) is 12.6 Å². The minimum atomic E-state index is -0.567. The Balaban J connectivity index is 1.96. The highest BCUT2D eigenvalue weighted by atomic mass is 16.7. The van der Waals surface area contributed by atoms with Crippen molar-refractivity contribution in [2.24, 2.45) is 34.7 Å². The Bertz CT molecular complexity index is 826. The second-order valence-corrected chi connectivity index (χ2v) is 10.6. The standard InChI is InChI=1S/C27H47N3O10/c1-16-17(2)23(14-36-21(6)31)38-27(19(16)4)40-25-18(3)20(5)26(39-24(25)15-37-22(7)32)35-13-12-34-11-10-33-9-8-29-30-28/h16-20,23-27H,8-15H2,1-7H3/t16?,17-,18?,19-,20-,23?,24?,25-,26-,27+/m1/s1. The SMILES string of the molecule is CC(=O)OCC1O[C@@H](O[C@H]2C(COC(C)=O)O[C@@H](OCCOCCOCCN=[N+]=[N-])[C@H](C)C2C)[C@H](C)C(C)[C@H]1C. The van der Waals surface area contributed by atoms with Crippen molar-refractivity contribution < 1.29 is 47.5 Å². The first-order valence-electron chi connectivity index (χ1n) is 14.1. The van der Waals surface area contributed by atoms with E-state index in [1.54, 1.807) is 0 Å². The van der Waals surface area contributed by atoms with Crippen LogP contribution in [0.1, 0.15) is 48.5 Å². The lowest BCUT2D eigenvalue weighted by Crippen LogP contribution is -2.56. The molecule has 2 fully saturated rings. The second kappa shape index (κ2) is 17.7. The number of nitrogens with zero attached hydrogens (tertiary/aromatic N) is 3. The number of esters is 2. The Morgan fingerprint density at radius 3 is 1.90 bits per heavy atom. The molecule has 0 amide bonds. The summed E-state index contributed by atoms with van der Waals surface area (Å²) in [6, 6.07) is 0. The third kappa shape index (κ3) is 10.8. The Morgan fingerprint density at radius 1 is 0.725 bits per heavy atom. The van der Waals surface area contributed by atoms with Crippen LogP contribution in [0.2, 0.25) is 0 Å². The fourth-order valence-corrected chi connectivity index (χ4v) is 4.88. The van der Waals surface area contributed by atoms with Gasteiger partial charge in [-0.15, -0.1) is 0 Å². The maximum atomic E-state index is 11.6. The van der Waals surface area contributed by atoms with Gasteiger partial charge in [0, 0.05) is 37.1 Å². The van der Waals surface area contributed by atoms with Gasteiger partial charge in [0.05, 0.1) is 45.2 Å². The zero-order valence-electron chi connectivity index (χ0n) is 24.9. The van der Waals surface area contributed by atoms with E-state index in [1.807, 2.05) is 6.92 Å². The predicted octanol–water partition coefficient (Wildman–Crippen LogP) is 3.49. The number of hydrogen-bond acceptors (Lipinski definition) is 11. The normalized spacial score (nSPS) is 34.1. The fourth-order valence-electron chi connectivity index (χ4n) is 4.88. The molecule has 0 aliphatic carbocycles. The summed E-state index contributed by atoms with van der Waals surface area (Å²) < 4.78 is 46.6. The van der Waals surface area contributed by atoms with Crippen LogP contribution in [0, 0.1) is 29.6 Å². The molecule has 13 nitrogen and oxygen atoms in total. The summed E-state index contributed by atoms with van der Waals surface area (Å²) in [5, 5.41) is 3.40. The van der Waals surface area contributed by atoms with E-state index in [9.17, 15) is 9.59 Å². The van der Waals surface area contributed by atoms with E-state index in [4.69, 9.17) is 43.4 Å². The number of hydrogen-bond donors (Lipinski definition) is 0. The summed E-state index contributed by atoms with van der Waals surface area (Å²) in [6.45, 7) is 15.4. The Morgan fingerprint density at radius 2 is 1.27 bits per heavy atom. The van der Waals surface area contributed by atoms with Crippen LogP contribution in [-0.2, 0) is 47.5 Å². The quantitative estimate of drug-likeness (QED) is 0.0880. The number of ether oxygens (including phenoxy) is 8. The second-order valence-electron chi connectivity index (χ2n) is 10.6. The van der Waals surface area contributed by atoms with Gasteiger partial charge in [0.25, 0.3) is 0 Å². The summed E-state index contributed by atoms with van der Waals surface area (Å²) in [4.78, 5) is 25.7. The lowest BCUT2D eigenvalue weighted by molar-refractivity contribution is -0.329. The van der Waals surface area contributed by atoms with Gasteiger partial charge in [-0.05, 0) is 23.3 Å². The monoisotopic (exact) mass is 573 g/mol. The van der Waals surface area contributed by atoms with E-state index in [0.717, 1.165) is 0 Å². The Labute approximate surface area is 237 Å². The van der Waals surface area contributed by atoms with Gasteiger partial charge in [0.2, 0.25) is 0 Å². The molecule has 2 rings (SSSR count). The molecule has 2 saturated heterocycles. The number of carbonyl (C=O) groups is 2. The highest BCUT2D eigenvalue weighted by Gasteiger charge is 2.47. The van der Waals surface area contributed by atoms with Crippen molar-refractivity contribution >= 4 is 11.9 Å². The first kappa shape index (κ1) is 34.2. The van der Waals surface area contributed by atoms with Crippen molar-refractivity contribution in [3.05, 3.63) is 10.4 Å². The number of carbonyl (C=O) groups excluding carboxylic acids is 2. The van der Waals surface area contributed by atoms with Crippen molar-refractivity contribution in [1.29, 1.82) is 0 Å². The molecular formula is C27H47N3O10. The van der Waals surface area contributed by atoms with E-state index >= 15 is 0 Å². The van der Waals surface area contributed by atoms with Gasteiger partial charge in [0.1, 0.15) is 19.3 Å². The molecule has 0 aromatic heterocycles. The van der Waals surface area contributed by atoms with Crippen LogP contribution in [0.3, 0.4) is 0 Å². The molecule has 4 unspecified atom stereocenters. The summed E-state index contributed by atoms with van der Waals surface area (Å²) in [5.74, 6) is -0.292. The van der Waals surface area contributed by atoms with E-state index in [0.29, 0.717) is 33.0 Å². The average Bonchev–Trinajstić information content (AvgIpc) is 2.91. The predicted molar refractivity (Wildman–Crippen MR) is 143 cm³/mol. The zero-order valence-corrected chi connectivity index (χ0v) is 24.9. The lowest BCUT2D eigenvalue weighted by Gasteiger charge is -2.48. The molecule has 0 radical (unpaired) electrons. The lowest BCUT2D eigenvalue weighted by atomic mass is 9.78. The molecule has 13 heteroatoms. The van der Waals surface area contributed by atoms with Crippen LogP contribution in [0.25, 0.3) is 10.4 Å². The smallest absolute Gasteiger partial charge is 0.302 e. The van der Waals surface area contributed by atoms with Crippen molar-refractivity contribution in [3.8, 4) is 0 Å². The van der Waals surface area contributed by atoms with E-state index < -0.39 is 30.8 Å². The summed E-state index contributed by atoms with van der Waals surface area (Å²) >= 11 is 0. The van der Waals surface area contributed by atoms with E-state index in [2.05, 4.69) is 37.7 Å². The molecule has 10 atom stereocenters. The van der Waals surface area contributed by atoms with Crippen LogP contribution in [-0.4, -0.2) is 95.6 Å². The molecule has 0 saturated carbocycles.